The molecule has 0 aliphatic carbocycles. The standard InChI is InChI=1S/C14H10O4S/c15-13-7-3-11(4-8-13)1-2-12-5-9-14(10-6-12)19(16,17)18/h3-10,15H,(H,16,17,18)/p-1. The van der Waals surface area contributed by atoms with Crippen molar-refractivity contribution in [3.05, 3.63) is 59.7 Å². The van der Waals surface area contributed by atoms with Gasteiger partial charge in [-0.25, -0.2) is 0 Å². The van der Waals surface area contributed by atoms with Gasteiger partial charge in [0.05, 0.1) is 4.90 Å². The van der Waals surface area contributed by atoms with Gasteiger partial charge in [-0.05, 0) is 36.4 Å². The van der Waals surface area contributed by atoms with Gasteiger partial charge in [-0.2, -0.15) is 8.42 Å². The predicted molar refractivity (Wildman–Crippen MR) is 68.1 cm³/mol. The number of hydrogen-bond donors (Lipinski definition) is 1. The zero-order chi connectivity index (χ0) is 13.9. The van der Waals surface area contributed by atoms with Gasteiger partial charge in [-0.15, -0.1) is 5.75 Å². The van der Waals surface area contributed by atoms with Crippen molar-refractivity contribution in [1.29, 1.82) is 0 Å². The van der Waals surface area contributed by atoms with Crippen LogP contribution >= 0.6 is 0 Å². The number of rotatable bonds is 1. The molecule has 0 saturated carbocycles. The van der Waals surface area contributed by atoms with Crippen molar-refractivity contribution in [2.45, 2.75) is 4.90 Å². The Labute approximate surface area is 111 Å². The molecule has 0 spiro atoms. The van der Waals surface area contributed by atoms with Gasteiger partial charge in [0.15, 0.2) is 0 Å². The van der Waals surface area contributed by atoms with E-state index < -0.39 is 10.1 Å². The van der Waals surface area contributed by atoms with Crippen LogP contribution in [0.2, 0.25) is 0 Å². The Balaban J connectivity index is 2.23. The van der Waals surface area contributed by atoms with E-state index in [0.29, 0.717) is 11.1 Å². The van der Waals surface area contributed by atoms with Crippen LogP contribution in [-0.4, -0.2) is 13.0 Å². The van der Waals surface area contributed by atoms with Gasteiger partial charge in [0.1, 0.15) is 0 Å². The Morgan fingerprint density at radius 1 is 0.842 bits per heavy atom. The first-order valence-corrected chi connectivity index (χ1v) is 6.76. The molecule has 0 atom stereocenters. The molecule has 96 valence electrons. The molecule has 0 unspecified atom stereocenters. The summed E-state index contributed by atoms with van der Waals surface area (Å²) in [6, 6.07) is 11.6. The molecule has 4 nitrogen and oxygen atoms in total. The first-order valence-electron chi connectivity index (χ1n) is 5.32. The molecule has 0 bridgehead atoms. The van der Waals surface area contributed by atoms with Crippen molar-refractivity contribution in [2.24, 2.45) is 0 Å². The second-order valence-electron chi connectivity index (χ2n) is 3.77. The summed E-state index contributed by atoms with van der Waals surface area (Å²) in [6.45, 7) is 0. The second kappa shape index (κ2) is 5.14. The highest BCUT2D eigenvalue weighted by molar-refractivity contribution is 7.85. The van der Waals surface area contributed by atoms with Crippen LogP contribution < -0.4 is 5.11 Å². The summed E-state index contributed by atoms with van der Waals surface area (Å²) in [5.41, 5.74) is 1.30. The normalized spacial score (nSPS) is 10.6. The van der Waals surface area contributed by atoms with Crippen LogP contribution in [0.25, 0.3) is 0 Å². The molecule has 19 heavy (non-hydrogen) atoms. The first kappa shape index (κ1) is 13.1. The maximum atomic E-state index is 10.9. The van der Waals surface area contributed by atoms with Crippen molar-refractivity contribution >= 4 is 10.1 Å². The molecular weight excluding hydrogens is 264 g/mol. The van der Waals surface area contributed by atoms with Gasteiger partial charge in [0, 0.05) is 11.1 Å². The van der Waals surface area contributed by atoms with Gasteiger partial charge < -0.3 is 5.11 Å². The van der Waals surface area contributed by atoms with Crippen molar-refractivity contribution in [3.63, 3.8) is 0 Å². The topological polar surface area (TPSA) is 77.4 Å². The van der Waals surface area contributed by atoms with Gasteiger partial charge in [-0.1, -0.05) is 24.0 Å². The van der Waals surface area contributed by atoms with Gasteiger partial charge in [-0.3, -0.25) is 4.55 Å². The monoisotopic (exact) mass is 273 g/mol. The highest BCUT2D eigenvalue weighted by Gasteiger charge is 2.07. The van der Waals surface area contributed by atoms with E-state index in [9.17, 15) is 13.5 Å². The summed E-state index contributed by atoms with van der Waals surface area (Å²) in [5, 5.41) is 10.9. The van der Waals surface area contributed by atoms with E-state index >= 15 is 0 Å². The van der Waals surface area contributed by atoms with Gasteiger partial charge in [0.25, 0.3) is 10.1 Å². The summed E-state index contributed by atoms with van der Waals surface area (Å²) >= 11 is 0. The largest absolute Gasteiger partial charge is 0.872 e. The molecule has 0 heterocycles. The fraction of sp³-hybridized carbons (Fsp3) is 0. The molecule has 0 amide bonds. The third-order valence-corrected chi connectivity index (χ3v) is 3.23. The minimum absolute atomic E-state index is 0.0805. The summed E-state index contributed by atoms with van der Waals surface area (Å²) in [7, 11) is -4.17. The maximum Gasteiger partial charge on any atom is 0.294 e. The van der Waals surface area contributed by atoms with Crippen molar-refractivity contribution < 1.29 is 18.1 Å². The van der Waals surface area contributed by atoms with E-state index in [4.69, 9.17) is 4.55 Å². The third-order valence-electron chi connectivity index (χ3n) is 2.36. The quantitative estimate of drug-likeness (QED) is 0.629. The molecule has 0 radical (unpaired) electrons. The lowest BCUT2D eigenvalue weighted by Gasteiger charge is -2.01. The van der Waals surface area contributed by atoms with Crippen molar-refractivity contribution in [3.8, 4) is 17.6 Å². The molecule has 2 aromatic rings. The molecule has 1 N–H and O–H groups in total. The molecule has 2 aromatic carbocycles. The molecule has 2 rings (SSSR count). The molecular formula is C14H9O4S-. The summed E-state index contributed by atoms with van der Waals surface area (Å²) in [4.78, 5) is -0.172. The Hall–Kier alpha value is -2.29. The lowest BCUT2D eigenvalue weighted by atomic mass is 10.2. The summed E-state index contributed by atoms with van der Waals surface area (Å²) < 4.78 is 30.5. The number of benzene rings is 2. The number of hydrogen-bond acceptors (Lipinski definition) is 3. The smallest absolute Gasteiger partial charge is 0.294 e. The van der Waals surface area contributed by atoms with E-state index in [0.717, 1.165) is 0 Å². The van der Waals surface area contributed by atoms with E-state index in [1.165, 1.54) is 36.4 Å². The SMILES string of the molecule is O=S(=O)(O)c1ccc(C#Cc2ccc([O-])cc2)cc1. The molecule has 0 aromatic heterocycles. The van der Waals surface area contributed by atoms with E-state index in [1.807, 2.05) is 0 Å². The van der Waals surface area contributed by atoms with Crippen LogP contribution in [0.5, 0.6) is 5.75 Å². The summed E-state index contributed by atoms with van der Waals surface area (Å²) in [6.07, 6.45) is 0. The third kappa shape index (κ3) is 3.58. The molecule has 0 aliphatic rings. The van der Waals surface area contributed by atoms with E-state index in [1.54, 1.807) is 12.1 Å². The lowest BCUT2D eigenvalue weighted by molar-refractivity contribution is -0.268. The van der Waals surface area contributed by atoms with Gasteiger partial charge in [0.2, 0.25) is 0 Å². The van der Waals surface area contributed by atoms with Crippen molar-refractivity contribution in [2.75, 3.05) is 0 Å². The average Bonchev–Trinajstić information content (AvgIpc) is 2.37. The Bertz CT molecular complexity index is 733. The fourth-order valence-corrected chi connectivity index (χ4v) is 1.87. The molecule has 0 saturated heterocycles. The average molecular weight is 273 g/mol. The molecule has 5 heteroatoms. The van der Waals surface area contributed by atoms with Crippen LogP contribution in [0.1, 0.15) is 11.1 Å². The minimum atomic E-state index is -4.17. The zero-order valence-corrected chi connectivity index (χ0v) is 10.5. The van der Waals surface area contributed by atoms with E-state index in [2.05, 4.69) is 11.8 Å². The van der Waals surface area contributed by atoms with Crippen molar-refractivity contribution in [1.82, 2.24) is 0 Å². The second-order valence-corrected chi connectivity index (χ2v) is 5.20. The predicted octanol–water partition coefficient (Wildman–Crippen LogP) is 1.41. The Morgan fingerprint density at radius 3 is 1.68 bits per heavy atom. The highest BCUT2D eigenvalue weighted by atomic mass is 32.2. The van der Waals surface area contributed by atoms with Crippen LogP contribution in [0, 0.1) is 11.8 Å². The first-order chi connectivity index (χ1) is 8.95. The van der Waals surface area contributed by atoms with Crippen LogP contribution in [0.4, 0.5) is 0 Å². The molecule has 0 aliphatic heterocycles. The van der Waals surface area contributed by atoms with Crippen LogP contribution in [0.3, 0.4) is 0 Å². The Kier molecular flexibility index (Phi) is 3.56. The van der Waals surface area contributed by atoms with Gasteiger partial charge >= 0.3 is 0 Å². The Morgan fingerprint density at radius 2 is 1.26 bits per heavy atom. The van der Waals surface area contributed by atoms with Crippen LogP contribution in [-0.2, 0) is 10.1 Å². The van der Waals surface area contributed by atoms with E-state index in [-0.39, 0.29) is 10.6 Å². The molecule has 0 fully saturated rings. The summed E-state index contributed by atoms with van der Waals surface area (Å²) in [5.74, 6) is 5.60. The maximum absolute atomic E-state index is 10.9. The fourth-order valence-electron chi connectivity index (χ4n) is 1.39. The lowest BCUT2D eigenvalue weighted by Crippen LogP contribution is -1.97. The zero-order valence-electron chi connectivity index (χ0n) is 9.70. The van der Waals surface area contributed by atoms with Crippen LogP contribution in [0.15, 0.2) is 53.4 Å². The highest BCUT2D eigenvalue weighted by Crippen LogP contribution is 2.10. The minimum Gasteiger partial charge on any atom is -0.872 e.